The van der Waals surface area contributed by atoms with Crippen LogP contribution >= 0.6 is 11.3 Å². The topological polar surface area (TPSA) is 6.48 Å². The third-order valence-electron chi connectivity index (χ3n) is 12.4. The number of fused-ring (bicyclic) bond motifs is 12. The first-order valence-electron chi connectivity index (χ1n) is 19.9. The maximum atomic E-state index is 2.54. The molecule has 0 amide bonds. The van der Waals surface area contributed by atoms with E-state index in [1.807, 2.05) is 11.3 Å². The molecule has 0 unspecified atom stereocenters. The molecule has 0 fully saturated rings. The highest BCUT2D eigenvalue weighted by Gasteiger charge is 2.45. The van der Waals surface area contributed by atoms with Crippen LogP contribution in [-0.2, 0) is 0 Å². The Kier molecular flexibility index (Phi) is 6.97. The monoisotopic (exact) mass is 744 g/mol. The van der Waals surface area contributed by atoms with E-state index in [0.717, 1.165) is 5.69 Å². The van der Waals surface area contributed by atoms with Crippen molar-refractivity contribution in [1.29, 1.82) is 0 Å². The third-order valence-corrected chi connectivity index (χ3v) is 13.6. The number of anilines is 6. The minimum Gasteiger partial charge on any atom is -0.311 e. The summed E-state index contributed by atoms with van der Waals surface area (Å²) in [6.07, 6.45) is 0. The van der Waals surface area contributed by atoms with Crippen molar-refractivity contribution >= 4 is 110 Å². The van der Waals surface area contributed by atoms with Gasteiger partial charge in [-0.1, -0.05) is 120 Å². The van der Waals surface area contributed by atoms with Gasteiger partial charge in [-0.2, -0.15) is 0 Å². The average Bonchev–Trinajstić information content (AvgIpc) is 3.62. The largest absolute Gasteiger partial charge is 0.311 e. The summed E-state index contributed by atoms with van der Waals surface area (Å²) >= 11 is 1.95. The zero-order valence-electron chi connectivity index (χ0n) is 32.0. The molecule has 0 spiro atoms. The molecule has 12 rings (SSSR count). The number of hydrogen-bond acceptors (Lipinski definition) is 3. The Labute approximate surface area is 337 Å². The molecule has 2 aliphatic heterocycles. The first kappa shape index (κ1) is 32.6. The molecule has 3 heterocycles. The highest BCUT2D eigenvalue weighted by molar-refractivity contribution is 7.33. The summed E-state index contributed by atoms with van der Waals surface area (Å²) in [5.41, 5.74) is 16.4. The second-order valence-corrected chi connectivity index (χ2v) is 17.0. The predicted octanol–water partition coefficient (Wildman–Crippen LogP) is 13.0. The van der Waals surface area contributed by atoms with Gasteiger partial charge in [0.2, 0.25) is 0 Å². The number of nitrogens with zero attached hydrogens (tertiary/aromatic N) is 2. The zero-order valence-corrected chi connectivity index (χ0v) is 32.9. The lowest BCUT2D eigenvalue weighted by Crippen LogP contribution is -2.60. The van der Waals surface area contributed by atoms with Gasteiger partial charge in [-0.25, -0.2) is 0 Å². The molecule has 2 aliphatic rings. The van der Waals surface area contributed by atoms with E-state index >= 15 is 0 Å². The number of benzene rings is 9. The number of aryl methyl sites for hydroxylation is 3. The molecule has 10 aromatic rings. The summed E-state index contributed by atoms with van der Waals surface area (Å²) < 4.78 is 2.74. The fourth-order valence-electron chi connectivity index (χ4n) is 9.77. The average molecular weight is 745 g/mol. The van der Waals surface area contributed by atoms with Crippen molar-refractivity contribution in [1.82, 2.24) is 0 Å². The summed E-state index contributed by atoms with van der Waals surface area (Å²) in [6, 6.07) is 63.9. The van der Waals surface area contributed by atoms with Gasteiger partial charge in [-0.05, 0) is 141 Å². The van der Waals surface area contributed by atoms with Gasteiger partial charge in [0, 0.05) is 43.3 Å². The van der Waals surface area contributed by atoms with Crippen molar-refractivity contribution in [3.63, 3.8) is 0 Å². The van der Waals surface area contributed by atoms with Crippen molar-refractivity contribution in [2.45, 2.75) is 20.8 Å². The fourth-order valence-corrected chi connectivity index (χ4v) is 11.1. The van der Waals surface area contributed by atoms with E-state index in [1.165, 1.54) is 114 Å². The second-order valence-electron chi connectivity index (χ2n) is 15.9. The molecule has 0 N–H and O–H groups in total. The maximum absolute atomic E-state index is 2.54. The van der Waals surface area contributed by atoms with Crippen LogP contribution in [0.15, 0.2) is 170 Å². The Hall–Kier alpha value is -6.62. The van der Waals surface area contributed by atoms with Gasteiger partial charge in [0.05, 0.1) is 5.69 Å². The fraction of sp³-hybridized carbons (Fsp3) is 0.0566. The molecule has 0 saturated heterocycles. The minimum atomic E-state index is 0.125. The van der Waals surface area contributed by atoms with Crippen LogP contribution in [0.3, 0.4) is 0 Å². The lowest BCUT2D eigenvalue weighted by atomic mass is 9.36. The van der Waals surface area contributed by atoms with E-state index in [1.54, 1.807) is 0 Å². The number of thiophene rings is 1. The van der Waals surface area contributed by atoms with Gasteiger partial charge < -0.3 is 9.80 Å². The van der Waals surface area contributed by atoms with Crippen molar-refractivity contribution < 1.29 is 0 Å². The van der Waals surface area contributed by atoms with E-state index in [9.17, 15) is 0 Å². The van der Waals surface area contributed by atoms with E-state index in [2.05, 4.69) is 200 Å². The lowest BCUT2D eigenvalue weighted by Gasteiger charge is -2.43. The molecule has 9 aromatic carbocycles. The van der Waals surface area contributed by atoms with Crippen LogP contribution in [0.1, 0.15) is 16.7 Å². The number of rotatable bonds is 3. The second kappa shape index (κ2) is 12.2. The zero-order chi connectivity index (χ0) is 37.9. The standard InChI is InChI=1S/C53H37BN2S/c1-32-15-22-38(23-16-32)56-48-14-8-13-47-51(48)54(53-52(56)45-29-33(2)18-28-50(45)57-53)46-27-17-34(3)30-49(46)55(47)37-24-19-35(20-25-37)36-21-26-43-41-11-5-4-9-39(41)40-10-6-7-12-42(40)44(43)31-36/h4-31H,1-3H3. The summed E-state index contributed by atoms with van der Waals surface area (Å²) in [5.74, 6) is 0. The Morgan fingerprint density at radius 3 is 1.68 bits per heavy atom. The molecular weight excluding hydrogens is 707 g/mol. The molecule has 0 aliphatic carbocycles. The van der Waals surface area contributed by atoms with Gasteiger partial charge in [0.1, 0.15) is 0 Å². The normalized spacial score (nSPS) is 13.1. The van der Waals surface area contributed by atoms with Gasteiger partial charge in [0.25, 0.3) is 6.71 Å². The summed E-state index contributed by atoms with van der Waals surface area (Å²) in [7, 11) is 0. The SMILES string of the molecule is Cc1ccc(N2c3cccc4c3B(c3ccc(C)cc3N4c3ccc(-c4ccc5c6ccccc6c6ccccc6c5c4)cc3)c3sc4ccc(C)cc4c32)cc1. The summed E-state index contributed by atoms with van der Waals surface area (Å²) in [5, 5.41) is 9.12. The van der Waals surface area contributed by atoms with E-state index in [0.29, 0.717) is 0 Å². The van der Waals surface area contributed by atoms with E-state index < -0.39 is 0 Å². The van der Waals surface area contributed by atoms with Crippen molar-refractivity contribution in [2.75, 3.05) is 9.80 Å². The van der Waals surface area contributed by atoms with Crippen LogP contribution in [0.4, 0.5) is 34.1 Å². The van der Waals surface area contributed by atoms with Crippen molar-refractivity contribution in [2.24, 2.45) is 0 Å². The van der Waals surface area contributed by atoms with Crippen LogP contribution in [0, 0.1) is 20.8 Å². The molecule has 2 nitrogen and oxygen atoms in total. The molecule has 1 aromatic heterocycles. The lowest BCUT2D eigenvalue weighted by molar-refractivity contribution is 1.25. The summed E-state index contributed by atoms with van der Waals surface area (Å²) in [6.45, 7) is 6.72. The van der Waals surface area contributed by atoms with Crippen LogP contribution in [0.5, 0.6) is 0 Å². The molecule has 4 heteroatoms. The number of hydrogen-bond donors (Lipinski definition) is 0. The molecule has 0 atom stereocenters. The van der Waals surface area contributed by atoms with Gasteiger partial charge in [-0.3, -0.25) is 0 Å². The van der Waals surface area contributed by atoms with E-state index in [-0.39, 0.29) is 6.71 Å². The molecular formula is C53H37BN2S. The van der Waals surface area contributed by atoms with Crippen molar-refractivity contribution in [3.05, 3.63) is 187 Å². The van der Waals surface area contributed by atoms with Crippen LogP contribution < -0.4 is 25.5 Å². The first-order valence-corrected chi connectivity index (χ1v) is 20.7. The van der Waals surface area contributed by atoms with Gasteiger partial charge >= 0.3 is 0 Å². The molecule has 0 saturated carbocycles. The quantitative estimate of drug-likeness (QED) is 0.131. The van der Waals surface area contributed by atoms with Crippen molar-refractivity contribution in [3.8, 4) is 11.1 Å². The Morgan fingerprint density at radius 1 is 0.404 bits per heavy atom. The smallest absolute Gasteiger partial charge is 0.264 e. The minimum absolute atomic E-state index is 0.125. The highest BCUT2D eigenvalue weighted by Crippen LogP contribution is 2.48. The molecule has 268 valence electrons. The Balaban J connectivity index is 1.04. The van der Waals surface area contributed by atoms with E-state index in [4.69, 9.17) is 0 Å². The van der Waals surface area contributed by atoms with Crippen LogP contribution in [-0.4, -0.2) is 6.71 Å². The molecule has 0 bridgehead atoms. The molecule has 57 heavy (non-hydrogen) atoms. The highest BCUT2D eigenvalue weighted by atomic mass is 32.1. The van der Waals surface area contributed by atoms with Crippen LogP contribution in [0.25, 0.3) is 53.5 Å². The predicted molar refractivity (Wildman–Crippen MR) is 248 cm³/mol. The molecule has 0 radical (unpaired) electrons. The first-order chi connectivity index (χ1) is 28.0. The summed E-state index contributed by atoms with van der Waals surface area (Å²) in [4.78, 5) is 5.05. The van der Waals surface area contributed by atoms with Gasteiger partial charge in [0.15, 0.2) is 0 Å². The third kappa shape index (κ3) is 4.78. The van der Waals surface area contributed by atoms with Crippen LogP contribution in [0.2, 0.25) is 0 Å². The Bertz CT molecular complexity index is 3250. The van der Waals surface area contributed by atoms with Gasteiger partial charge in [-0.15, -0.1) is 11.3 Å². The Morgan fingerprint density at radius 2 is 0.965 bits per heavy atom. The maximum Gasteiger partial charge on any atom is 0.264 e.